The number of fused-ring (bicyclic) bond motifs is 1. The van der Waals surface area contributed by atoms with Crippen molar-refractivity contribution in [3.8, 4) is 11.5 Å². The smallest absolute Gasteiger partial charge is 0.193 e. The first kappa shape index (κ1) is 19.8. The number of nitrogens with zero attached hydrogens (tertiary/aromatic N) is 2. The van der Waals surface area contributed by atoms with Gasteiger partial charge in [-0.25, -0.2) is 0 Å². The van der Waals surface area contributed by atoms with E-state index < -0.39 is 0 Å². The van der Waals surface area contributed by atoms with Crippen LogP contribution in [0.5, 0.6) is 11.5 Å². The molecular formula is C21H34N4O2. The number of aliphatic imine (C=N–C) groups is 1. The maximum absolute atomic E-state index is 6.15. The molecule has 1 fully saturated rings. The lowest BCUT2D eigenvalue weighted by molar-refractivity contribution is 0.0513. The Balaban J connectivity index is 1.61. The van der Waals surface area contributed by atoms with Gasteiger partial charge in [-0.05, 0) is 44.2 Å². The van der Waals surface area contributed by atoms with Gasteiger partial charge in [-0.15, -0.1) is 0 Å². The molecule has 27 heavy (non-hydrogen) atoms. The highest BCUT2D eigenvalue weighted by atomic mass is 16.5. The van der Waals surface area contributed by atoms with Crippen molar-refractivity contribution in [2.45, 2.75) is 46.1 Å². The van der Waals surface area contributed by atoms with Gasteiger partial charge in [-0.3, -0.25) is 9.89 Å². The SMILES string of the molecule is CC1CC(C)CN(C(C)(C)CN=C(N)Nc2ccc3c(c2)OCCCO3)C1. The quantitative estimate of drug-likeness (QED) is 0.625. The van der Waals surface area contributed by atoms with Crippen molar-refractivity contribution in [3.05, 3.63) is 18.2 Å². The number of guanidine groups is 1. The van der Waals surface area contributed by atoms with E-state index in [0.29, 0.717) is 25.7 Å². The zero-order valence-corrected chi connectivity index (χ0v) is 17.1. The molecule has 6 nitrogen and oxygen atoms in total. The minimum atomic E-state index is -0.0139. The number of anilines is 1. The van der Waals surface area contributed by atoms with E-state index in [-0.39, 0.29) is 5.54 Å². The van der Waals surface area contributed by atoms with E-state index >= 15 is 0 Å². The predicted octanol–water partition coefficient (Wildman–Crippen LogP) is 3.33. The van der Waals surface area contributed by atoms with Gasteiger partial charge in [0.05, 0.1) is 19.8 Å². The Labute approximate surface area is 163 Å². The average Bonchev–Trinajstić information content (AvgIpc) is 2.84. The summed E-state index contributed by atoms with van der Waals surface area (Å²) in [6.45, 7) is 13.4. The summed E-state index contributed by atoms with van der Waals surface area (Å²) < 4.78 is 11.4. The second-order valence-electron chi connectivity index (χ2n) is 8.70. The topological polar surface area (TPSA) is 72.1 Å². The fraction of sp³-hybridized carbons (Fsp3) is 0.667. The Morgan fingerprint density at radius 3 is 2.56 bits per heavy atom. The summed E-state index contributed by atoms with van der Waals surface area (Å²) >= 11 is 0. The molecule has 2 heterocycles. The van der Waals surface area contributed by atoms with E-state index in [0.717, 1.165) is 48.5 Å². The molecule has 0 amide bonds. The number of benzene rings is 1. The number of likely N-dealkylation sites (tertiary alicyclic amines) is 1. The molecule has 0 bridgehead atoms. The summed E-state index contributed by atoms with van der Waals surface area (Å²) in [5.74, 6) is 3.42. The van der Waals surface area contributed by atoms with Crippen LogP contribution < -0.4 is 20.5 Å². The maximum Gasteiger partial charge on any atom is 0.193 e. The Kier molecular flexibility index (Phi) is 6.15. The minimum absolute atomic E-state index is 0.0139. The molecule has 1 saturated heterocycles. The summed E-state index contributed by atoms with van der Waals surface area (Å²) in [6.07, 6.45) is 2.20. The van der Waals surface area contributed by atoms with Gasteiger partial charge in [-0.2, -0.15) is 0 Å². The Morgan fingerprint density at radius 2 is 1.85 bits per heavy atom. The first-order chi connectivity index (χ1) is 12.8. The Hall–Kier alpha value is -1.95. The number of nitrogens with one attached hydrogen (secondary N) is 1. The highest BCUT2D eigenvalue weighted by Crippen LogP contribution is 2.32. The van der Waals surface area contributed by atoms with E-state index in [1.807, 2.05) is 18.2 Å². The van der Waals surface area contributed by atoms with Crippen LogP contribution in [-0.2, 0) is 0 Å². The fourth-order valence-corrected chi connectivity index (χ4v) is 3.96. The third kappa shape index (κ3) is 5.28. The van der Waals surface area contributed by atoms with E-state index in [4.69, 9.17) is 15.2 Å². The van der Waals surface area contributed by atoms with Gasteiger partial charge in [0.1, 0.15) is 0 Å². The molecule has 150 valence electrons. The highest BCUT2D eigenvalue weighted by Gasteiger charge is 2.32. The number of hydrogen-bond donors (Lipinski definition) is 2. The molecule has 3 N–H and O–H groups in total. The first-order valence-electron chi connectivity index (χ1n) is 10.0. The summed E-state index contributed by atoms with van der Waals surface area (Å²) in [6, 6.07) is 5.77. The molecule has 0 aliphatic carbocycles. The zero-order valence-electron chi connectivity index (χ0n) is 17.1. The maximum atomic E-state index is 6.15. The molecule has 2 unspecified atom stereocenters. The Bertz CT molecular complexity index is 664. The molecule has 2 atom stereocenters. The summed E-state index contributed by atoms with van der Waals surface area (Å²) in [4.78, 5) is 7.17. The molecular weight excluding hydrogens is 340 g/mol. The molecule has 6 heteroatoms. The number of ether oxygens (including phenoxy) is 2. The lowest BCUT2D eigenvalue weighted by atomic mass is 9.88. The van der Waals surface area contributed by atoms with Crippen molar-refractivity contribution < 1.29 is 9.47 Å². The summed E-state index contributed by atoms with van der Waals surface area (Å²) in [5.41, 5.74) is 7.00. The lowest BCUT2D eigenvalue weighted by Gasteiger charge is -2.44. The zero-order chi connectivity index (χ0) is 19.4. The van der Waals surface area contributed by atoms with Crippen LogP contribution >= 0.6 is 0 Å². The number of nitrogens with two attached hydrogens (primary N) is 1. The van der Waals surface area contributed by atoms with E-state index in [2.05, 4.69) is 42.9 Å². The van der Waals surface area contributed by atoms with Crippen molar-refractivity contribution in [1.82, 2.24) is 4.90 Å². The van der Waals surface area contributed by atoms with Gasteiger partial charge in [0.2, 0.25) is 0 Å². The van der Waals surface area contributed by atoms with Crippen LogP contribution in [0.1, 0.15) is 40.5 Å². The third-order valence-corrected chi connectivity index (χ3v) is 5.38. The van der Waals surface area contributed by atoms with Crippen molar-refractivity contribution in [3.63, 3.8) is 0 Å². The van der Waals surface area contributed by atoms with E-state index in [9.17, 15) is 0 Å². The number of rotatable bonds is 4. The molecule has 0 saturated carbocycles. The largest absolute Gasteiger partial charge is 0.490 e. The first-order valence-corrected chi connectivity index (χ1v) is 10.0. The van der Waals surface area contributed by atoms with E-state index in [1.165, 1.54) is 6.42 Å². The number of hydrogen-bond acceptors (Lipinski definition) is 4. The van der Waals surface area contributed by atoms with Crippen LogP contribution in [0, 0.1) is 11.8 Å². The van der Waals surface area contributed by atoms with Gasteiger partial charge in [0, 0.05) is 36.8 Å². The molecule has 1 aromatic rings. The van der Waals surface area contributed by atoms with Gasteiger partial charge in [0.25, 0.3) is 0 Å². The van der Waals surface area contributed by atoms with Crippen LogP contribution in [0.15, 0.2) is 23.2 Å². The monoisotopic (exact) mass is 374 g/mol. The summed E-state index contributed by atoms with van der Waals surface area (Å²) in [7, 11) is 0. The van der Waals surface area contributed by atoms with Gasteiger partial charge >= 0.3 is 0 Å². The normalized spacial score (nSPS) is 24.4. The van der Waals surface area contributed by atoms with Crippen LogP contribution in [0.25, 0.3) is 0 Å². The third-order valence-electron chi connectivity index (χ3n) is 5.38. The lowest BCUT2D eigenvalue weighted by Crippen LogP contribution is -2.52. The molecule has 2 aliphatic rings. The van der Waals surface area contributed by atoms with Gasteiger partial charge in [0.15, 0.2) is 17.5 Å². The van der Waals surface area contributed by atoms with Crippen LogP contribution in [0.3, 0.4) is 0 Å². The van der Waals surface area contributed by atoms with Crippen LogP contribution in [0.4, 0.5) is 5.69 Å². The molecule has 0 radical (unpaired) electrons. The standard InChI is InChI=1S/C21H34N4O2/c1-15-10-16(2)13-25(12-15)21(3,4)14-23-20(22)24-17-6-7-18-19(11-17)27-9-5-8-26-18/h6-7,11,15-16H,5,8-10,12-14H2,1-4H3,(H3,22,23,24). The van der Waals surface area contributed by atoms with Crippen molar-refractivity contribution in [2.75, 3.05) is 38.2 Å². The van der Waals surface area contributed by atoms with Crippen molar-refractivity contribution in [2.24, 2.45) is 22.6 Å². The molecule has 3 rings (SSSR count). The Morgan fingerprint density at radius 1 is 1.19 bits per heavy atom. The average molecular weight is 375 g/mol. The van der Waals surface area contributed by atoms with Gasteiger partial charge in [-0.1, -0.05) is 13.8 Å². The second kappa shape index (κ2) is 8.38. The fourth-order valence-electron chi connectivity index (χ4n) is 3.96. The molecule has 0 aromatic heterocycles. The van der Waals surface area contributed by atoms with Crippen LogP contribution in [0.2, 0.25) is 0 Å². The minimum Gasteiger partial charge on any atom is -0.490 e. The van der Waals surface area contributed by atoms with Gasteiger partial charge < -0.3 is 20.5 Å². The molecule has 0 spiro atoms. The highest BCUT2D eigenvalue weighted by molar-refractivity contribution is 5.92. The summed E-state index contributed by atoms with van der Waals surface area (Å²) in [5, 5.41) is 3.18. The predicted molar refractivity (Wildman–Crippen MR) is 111 cm³/mol. The van der Waals surface area contributed by atoms with Crippen LogP contribution in [-0.4, -0.2) is 49.2 Å². The second-order valence-corrected chi connectivity index (χ2v) is 8.70. The molecule has 1 aromatic carbocycles. The molecule has 2 aliphatic heterocycles. The van der Waals surface area contributed by atoms with Crippen molar-refractivity contribution in [1.29, 1.82) is 0 Å². The van der Waals surface area contributed by atoms with E-state index in [1.54, 1.807) is 0 Å². The van der Waals surface area contributed by atoms with Crippen molar-refractivity contribution >= 4 is 11.6 Å². The number of piperidine rings is 1.